The van der Waals surface area contributed by atoms with Gasteiger partial charge in [0.05, 0.1) is 19.1 Å². The zero-order chi connectivity index (χ0) is 19.2. The van der Waals surface area contributed by atoms with Gasteiger partial charge in [-0.1, -0.05) is 18.2 Å². The maximum Gasteiger partial charge on any atom is 0.309 e. The molecule has 0 bridgehead atoms. The van der Waals surface area contributed by atoms with Crippen LogP contribution in [0.15, 0.2) is 29.3 Å². The van der Waals surface area contributed by atoms with Crippen molar-refractivity contribution in [3.63, 3.8) is 0 Å². The van der Waals surface area contributed by atoms with Crippen molar-refractivity contribution in [2.45, 2.75) is 26.2 Å². The number of guanidine groups is 1. The molecule has 27 heavy (non-hydrogen) atoms. The predicted octanol–water partition coefficient (Wildman–Crippen LogP) is 1.43. The van der Waals surface area contributed by atoms with Crippen molar-refractivity contribution < 1.29 is 14.3 Å². The van der Waals surface area contributed by atoms with Crippen LogP contribution in [-0.4, -0.2) is 62.6 Å². The van der Waals surface area contributed by atoms with E-state index in [1.54, 1.807) is 7.05 Å². The third kappa shape index (κ3) is 4.40. The van der Waals surface area contributed by atoms with Gasteiger partial charge < -0.3 is 19.9 Å². The molecule has 0 atom stereocenters. The maximum absolute atomic E-state index is 12.7. The van der Waals surface area contributed by atoms with E-state index in [2.05, 4.69) is 21.3 Å². The highest BCUT2D eigenvalue weighted by Gasteiger charge is 2.28. The molecule has 0 radical (unpaired) electrons. The maximum atomic E-state index is 12.7. The first-order valence-corrected chi connectivity index (χ1v) is 9.64. The Morgan fingerprint density at radius 2 is 1.96 bits per heavy atom. The summed E-state index contributed by atoms with van der Waals surface area (Å²) in [7, 11) is 1.72. The van der Waals surface area contributed by atoms with E-state index in [9.17, 15) is 9.59 Å². The lowest BCUT2D eigenvalue weighted by Crippen LogP contribution is -2.49. The second-order valence-corrected chi connectivity index (χ2v) is 6.84. The summed E-state index contributed by atoms with van der Waals surface area (Å²) in [6.07, 6.45) is 2.39. The summed E-state index contributed by atoms with van der Waals surface area (Å²) in [5, 5.41) is 3.18. The van der Waals surface area contributed by atoms with Gasteiger partial charge in [0.25, 0.3) is 0 Å². The second kappa shape index (κ2) is 8.88. The number of nitrogens with one attached hydrogen (secondary N) is 1. The third-order valence-corrected chi connectivity index (χ3v) is 5.21. The molecule has 1 aromatic carbocycles. The van der Waals surface area contributed by atoms with Crippen LogP contribution in [0.25, 0.3) is 0 Å². The van der Waals surface area contributed by atoms with E-state index in [4.69, 9.17) is 4.74 Å². The van der Waals surface area contributed by atoms with E-state index < -0.39 is 0 Å². The number of carbonyl (C=O) groups excluding carboxylic acids is 2. The molecule has 0 saturated carbocycles. The fourth-order valence-corrected chi connectivity index (χ4v) is 3.77. The van der Waals surface area contributed by atoms with Gasteiger partial charge >= 0.3 is 5.97 Å². The van der Waals surface area contributed by atoms with Gasteiger partial charge in [0, 0.05) is 32.4 Å². The van der Waals surface area contributed by atoms with Crippen molar-refractivity contribution in [2.24, 2.45) is 10.9 Å². The molecule has 1 amide bonds. The topological polar surface area (TPSA) is 74.2 Å². The van der Waals surface area contributed by atoms with E-state index in [-0.39, 0.29) is 24.3 Å². The summed E-state index contributed by atoms with van der Waals surface area (Å²) in [6.45, 7) is 4.63. The first-order chi connectivity index (χ1) is 13.1. The molecule has 1 fully saturated rings. The van der Waals surface area contributed by atoms with Crippen molar-refractivity contribution in [3.05, 3.63) is 29.8 Å². The Morgan fingerprint density at radius 1 is 1.22 bits per heavy atom. The number of likely N-dealkylation sites (tertiary alicyclic amines) is 1. The Labute approximate surface area is 160 Å². The molecule has 0 aromatic heterocycles. The smallest absolute Gasteiger partial charge is 0.309 e. The van der Waals surface area contributed by atoms with Crippen LogP contribution in [0, 0.1) is 5.92 Å². The number of para-hydroxylation sites is 1. The molecule has 0 spiro atoms. The van der Waals surface area contributed by atoms with Crippen LogP contribution in [-0.2, 0) is 20.7 Å². The summed E-state index contributed by atoms with van der Waals surface area (Å²) >= 11 is 0. The number of ether oxygens (including phenoxy) is 1. The highest BCUT2D eigenvalue weighted by Crippen LogP contribution is 2.27. The molecule has 146 valence electrons. The van der Waals surface area contributed by atoms with Gasteiger partial charge in [-0.05, 0) is 37.8 Å². The zero-order valence-electron chi connectivity index (χ0n) is 16.1. The molecule has 3 rings (SSSR count). The highest BCUT2D eigenvalue weighted by molar-refractivity contribution is 5.98. The van der Waals surface area contributed by atoms with Crippen molar-refractivity contribution in [1.82, 2.24) is 10.2 Å². The lowest BCUT2D eigenvalue weighted by atomic mass is 9.97. The van der Waals surface area contributed by atoms with E-state index in [0.29, 0.717) is 12.6 Å². The minimum atomic E-state index is -0.108. The molecule has 2 aliphatic rings. The third-order valence-electron chi connectivity index (χ3n) is 5.21. The van der Waals surface area contributed by atoms with Crippen LogP contribution < -0.4 is 10.2 Å². The molecule has 0 unspecified atom stereocenters. The van der Waals surface area contributed by atoms with Gasteiger partial charge in [0.1, 0.15) is 0 Å². The molecule has 1 saturated heterocycles. The Balaban J connectivity index is 1.50. The molecule has 0 aliphatic carbocycles. The van der Waals surface area contributed by atoms with Gasteiger partial charge in [-0.2, -0.15) is 0 Å². The molecule has 2 heterocycles. The Kier molecular flexibility index (Phi) is 6.32. The summed E-state index contributed by atoms with van der Waals surface area (Å²) in [5.41, 5.74) is 2.23. The van der Waals surface area contributed by atoms with E-state index in [1.165, 1.54) is 5.56 Å². The minimum Gasteiger partial charge on any atom is -0.466 e. The number of rotatable bonds is 4. The number of nitrogens with zero attached hydrogens (tertiary/aromatic N) is 3. The molecule has 2 aliphatic heterocycles. The van der Waals surface area contributed by atoms with Crippen molar-refractivity contribution in [1.29, 1.82) is 0 Å². The number of amides is 1. The highest BCUT2D eigenvalue weighted by atomic mass is 16.5. The fourth-order valence-electron chi connectivity index (χ4n) is 3.77. The number of hydrogen-bond donors (Lipinski definition) is 1. The van der Waals surface area contributed by atoms with Crippen molar-refractivity contribution in [2.75, 3.05) is 44.7 Å². The zero-order valence-corrected chi connectivity index (χ0v) is 16.1. The first-order valence-electron chi connectivity index (χ1n) is 9.64. The number of aliphatic imine (C=N–C) groups is 1. The van der Waals surface area contributed by atoms with Crippen LogP contribution in [0.3, 0.4) is 0 Å². The lowest BCUT2D eigenvalue weighted by Gasteiger charge is -2.33. The minimum absolute atomic E-state index is 0.0398. The average molecular weight is 372 g/mol. The van der Waals surface area contributed by atoms with Crippen LogP contribution in [0.4, 0.5) is 5.69 Å². The lowest BCUT2D eigenvalue weighted by molar-refractivity contribution is -0.149. The molecule has 1 N–H and O–H groups in total. The van der Waals surface area contributed by atoms with Crippen LogP contribution in [0.2, 0.25) is 0 Å². The second-order valence-electron chi connectivity index (χ2n) is 6.84. The van der Waals surface area contributed by atoms with E-state index in [1.807, 2.05) is 30.0 Å². The monoisotopic (exact) mass is 372 g/mol. The van der Waals surface area contributed by atoms with Gasteiger partial charge in [-0.25, -0.2) is 0 Å². The molecule has 1 aromatic rings. The molecular weight excluding hydrogens is 344 g/mol. The van der Waals surface area contributed by atoms with Crippen LogP contribution in [0.5, 0.6) is 0 Å². The standard InChI is InChI=1S/C20H28N4O3/c1-3-27-19(26)16-8-11-23(12-9-16)20(21-2)22-14-18(25)24-13-10-15-6-4-5-7-17(15)24/h4-7,16H,3,8-14H2,1-2H3,(H,21,22). The van der Waals surface area contributed by atoms with Gasteiger partial charge in [0.2, 0.25) is 5.91 Å². The number of carbonyl (C=O) groups is 2. The number of esters is 1. The number of fused-ring (bicyclic) bond motifs is 1. The van der Waals surface area contributed by atoms with Crippen molar-refractivity contribution >= 4 is 23.5 Å². The summed E-state index contributed by atoms with van der Waals surface area (Å²) < 4.78 is 5.11. The molecular formula is C20H28N4O3. The number of hydrogen-bond acceptors (Lipinski definition) is 4. The first kappa shape index (κ1) is 19.2. The summed E-state index contributed by atoms with van der Waals surface area (Å²) in [6, 6.07) is 8.04. The van der Waals surface area contributed by atoms with Crippen LogP contribution >= 0.6 is 0 Å². The Hall–Kier alpha value is -2.57. The van der Waals surface area contributed by atoms with E-state index in [0.717, 1.165) is 44.6 Å². The fraction of sp³-hybridized carbons (Fsp3) is 0.550. The SMILES string of the molecule is CCOC(=O)C1CCN(C(=NC)NCC(=O)N2CCc3ccccc32)CC1. The molecule has 7 nitrogen and oxygen atoms in total. The largest absolute Gasteiger partial charge is 0.466 e. The van der Waals surface area contributed by atoms with Gasteiger partial charge in [0.15, 0.2) is 5.96 Å². The quantitative estimate of drug-likeness (QED) is 0.492. The summed E-state index contributed by atoms with van der Waals surface area (Å²) in [4.78, 5) is 32.8. The average Bonchev–Trinajstić information content (AvgIpc) is 3.13. The predicted molar refractivity (Wildman–Crippen MR) is 105 cm³/mol. The number of anilines is 1. The Bertz CT molecular complexity index is 711. The normalized spacial score (nSPS) is 17.6. The van der Waals surface area contributed by atoms with Crippen molar-refractivity contribution in [3.8, 4) is 0 Å². The van der Waals surface area contributed by atoms with Crippen LogP contribution in [0.1, 0.15) is 25.3 Å². The summed E-state index contributed by atoms with van der Waals surface area (Å²) in [5.74, 6) is 0.602. The molecule has 7 heteroatoms. The van der Waals surface area contributed by atoms with Gasteiger partial charge in [-0.15, -0.1) is 0 Å². The number of benzene rings is 1. The Morgan fingerprint density at radius 3 is 2.67 bits per heavy atom. The van der Waals surface area contributed by atoms with Gasteiger partial charge in [-0.3, -0.25) is 14.6 Å². The van der Waals surface area contributed by atoms with E-state index >= 15 is 0 Å². The number of piperidine rings is 1.